The molecule has 1 fully saturated rings. The lowest BCUT2D eigenvalue weighted by Gasteiger charge is -2.36. The van der Waals surface area contributed by atoms with Gasteiger partial charge < -0.3 is 15.1 Å². The van der Waals surface area contributed by atoms with E-state index in [9.17, 15) is 13.6 Å². The first-order valence-electron chi connectivity index (χ1n) is 8.27. The lowest BCUT2D eigenvalue weighted by molar-refractivity contribution is 0.208. The van der Waals surface area contributed by atoms with Gasteiger partial charge in [0.15, 0.2) is 11.6 Å². The molecule has 0 bridgehead atoms. The average Bonchev–Trinajstić information content (AvgIpc) is 2.58. The molecular formula is C19H21F2N3O. The summed E-state index contributed by atoms with van der Waals surface area (Å²) in [5.41, 5.74) is 3.89. The van der Waals surface area contributed by atoms with Crippen molar-refractivity contribution in [2.24, 2.45) is 0 Å². The van der Waals surface area contributed by atoms with E-state index < -0.39 is 11.6 Å². The quantitative estimate of drug-likeness (QED) is 0.895. The van der Waals surface area contributed by atoms with Gasteiger partial charge in [0.1, 0.15) is 0 Å². The van der Waals surface area contributed by atoms with Crippen molar-refractivity contribution in [3.05, 3.63) is 59.2 Å². The second kappa shape index (κ2) is 7.09. The Morgan fingerprint density at radius 3 is 2.32 bits per heavy atom. The number of hydrogen-bond donors (Lipinski definition) is 1. The van der Waals surface area contributed by atoms with Crippen LogP contribution in [0.5, 0.6) is 0 Å². The minimum Gasteiger partial charge on any atom is -0.368 e. The molecule has 0 aromatic heterocycles. The van der Waals surface area contributed by atoms with Crippen molar-refractivity contribution in [1.82, 2.24) is 4.90 Å². The monoisotopic (exact) mass is 345 g/mol. The molecule has 0 saturated carbocycles. The Balaban J connectivity index is 1.59. The number of rotatable bonds is 2. The lowest BCUT2D eigenvalue weighted by Crippen LogP contribution is -2.50. The molecule has 2 aromatic rings. The SMILES string of the molecule is Cc1ccc(N2CCN(C(=O)Nc3ccc(F)c(F)c3)CC2)c(C)c1. The van der Waals surface area contributed by atoms with Gasteiger partial charge in [-0.15, -0.1) is 0 Å². The summed E-state index contributed by atoms with van der Waals surface area (Å²) in [6, 6.07) is 9.39. The normalized spacial score (nSPS) is 14.6. The van der Waals surface area contributed by atoms with Gasteiger partial charge in [0, 0.05) is 43.6 Å². The molecular weight excluding hydrogens is 324 g/mol. The molecule has 0 unspecified atom stereocenters. The van der Waals surface area contributed by atoms with E-state index in [1.807, 2.05) is 0 Å². The van der Waals surface area contributed by atoms with Crippen molar-refractivity contribution in [2.45, 2.75) is 13.8 Å². The number of hydrogen-bond acceptors (Lipinski definition) is 2. The van der Waals surface area contributed by atoms with E-state index in [1.54, 1.807) is 4.90 Å². The highest BCUT2D eigenvalue weighted by molar-refractivity contribution is 5.89. The van der Waals surface area contributed by atoms with Crippen LogP contribution in [0.25, 0.3) is 0 Å². The summed E-state index contributed by atoms with van der Waals surface area (Å²) in [4.78, 5) is 16.2. The zero-order valence-corrected chi connectivity index (χ0v) is 14.4. The maximum atomic E-state index is 13.2. The van der Waals surface area contributed by atoms with Crippen LogP contribution in [0.3, 0.4) is 0 Å². The molecule has 0 atom stereocenters. The van der Waals surface area contributed by atoms with Crippen LogP contribution in [0.15, 0.2) is 36.4 Å². The maximum absolute atomic E-state index is 13.2. The summed E-state index contributed by atoms with van der Waals surface area (Å²) < 4.78 is 26.2. The second-order valence-corrected chi connectivity index (χ2v) is 6.32. The number of nitrogens with zero attached hydrogens (tertiary/aromatic N) is 2. The zero-order chi connectivity index (χ0) is 18.0. The fourth-order valence-electron chi connectivity index (χ4n) is 3.09. The third kappa shape index (κ3) is 3.90. The van der Waals surface area contributed by atoms with Gasteiger partial charge in [0.2, 0.25) is 0 Å². The molecule has 1 saturated heterocycles. The van der Waals surface area contributed by atoms with Crippen molar-refractivity contribution in [3.63, 3.8) is 0 Å². The summed E-state index contributed by atoms with van der Waals surface area (Å²) in [6.07, 6.45) is 0. The van der Waals surface area contributed by atoms with Gasteiger partial charge in [0.25, 0.3) is 0 Å². The predicted molar refractivity (Wildman–Crippen MR) is 95.1 cm³/mol. The molecule has 3 rings (SSSR count). The number of nitrogens with one attached hydrogen (secondary N) is 1. The molecule has 1 heterocycles. The number of aryl methyl sites for hydroxylation is 2. The van der Waals surface area contributed by atoms with Gasteiger partial charge >= 0.3 is 6.03 Å². The standard InChI is InChI=1S/C19H21F2N3O/c1-13-3-6-18(14(2)11-13)23-7-9-24(10-8-23)19(25)22-15-4-5-16(20)17(21)12-15/h3-6,11-12H,7-10H2,1-2H3,(H,22,25). The maximum Gasteiger partial charge on any atom is 0.321 e. The topological polar surface area (TPSA) is 35.6 Å². The van der Waals surface area contributed by atoms with E-state index in [-0.39, 0.29) is 11.7 Å². The Morgan fingerprint density at radius 2 is 1.68 bits per heavy atom. The predicted octanol–water partition coefficient (Wildman–Crippen LogP) is 3.94. The first-order chi connectivity index (χ1) is 11.9. The highest BCUT2D eigenvalue weighted by Crippen LogP contribution is 2.23. The summed E-state index contributed by atoms with van der Waals surface area (Å²) in [7, 11) is 0. The molecule has 132 valence electrons. The van der Waals surface area contributed by atoms with E-state index in [4.69, 9.17) is 0 Å². The molecule has 1 aliphatic heterocycles. The smallest absolute Gasteiger partial charge is 0.321 e. The van der Waals surface area contributed by atoms with Gasteiger partial charge in [-0.1, -0.05) is 17.7 Å². The fraction of sp³-hybridized carbons (Fsp3) is 0.316. The van der Waals surface area contributed by atoms with E-state index >= 15 is 0 Å². The van der Waals surface area contributed by atoms with Crippen LogP contribution in [0, 0.1) is 25.5 Å². The van der Waals surface area contributed by atoms with Crippen molar-refractivity contribution in [3.8, 4) is 0 Å². The average molecular weight is 345 g/mol. The van der Waals surface area contributed by atoms with Crippen LogP contribution >= 0.6 is 0 Å². The van der Waals surface area contributed by atoms with Gasteiger partial charge in [0.05, 0.1) is 0 Å². The van der Waals surface area contributed by atoms with Crippen LogP contribution in [-0.2, 0) is 0 Å². The molecule has 1 aliphatic rings. The number of benzene rings is 2. The summed E-state index contributed by atoms with van der Waals surface area (Å²) in [5, 5.41) is 2.61. The van der Waals surface area contributed by atoms with Gasteiger partial charge in [-0.2, -0.15) is 0 Å². The summed E-state index contributed by atoms with van der Waals surface area (Å²) >= 11 is 0. The molecule has 0 radical (unpaired) electrons. The fourth-order valence-corrected chi connectivity index (χ4v) is 3.09. The van der Waals surface area contributed by atoms with Crippen LogP contribution in [0.4, 0.5) is 25.0 Å². The van der Waals surface area contributed by atoms with Crippen LogP contribution in [-0.4, -0.2) is 37.1 Å². The minimum atomic E-state index is -0.975. The van der Waals surface area contributed by atoms with Gasteiger partial charge in [-0.25, -0.2) is 13.6 Å². The van der Waals surface area contributed by atoms with Gasteiger partial charge in [-0.05, 0) is 37.6 Å². The van der Waals surface area contributed by atoms with Crippen molar-refractivity contribution in [1.29, 1.82) is 0 Å². The van der Waals surface area contributed by atoms with Crippen molar-refractivity contribution < 1.29 is 13.6 Å². The summed E-state index contributed by atoms with van der Waals surface area (Å²) in [5.74, 6) is -1.91. The molecule has 6 heteroatoms. The highest BCUT2D eigenvalue weighted by Gasteiger charge is 2.22. The Bertz CT molecular complexity index is 786. The van der Waals surface area contributed by atoms with Crippen LogP contribution < -0.4 is 10.2 Å². The third-order valence-electron chi connectivity index (χ3n) is 4.43. The van der Waals surface area contributed by atoms with Crippen LogP contribution in [0.2, 0.25) is 0 Å². The lowest BCUT2D eigenvalue weighted by atomic mass is 10.1. The Kier molecular flexibility index (Phi) is 4.88. The molecule has 2 amide bonds. The zero-order valence-electron chi connectivity index (χ0n) is 14.4. The number of piperazine rings is 1. The van der Waals surface area contributed by atoms with E-state index in [2.05, 4.69) is 42.3 Å². The van der Waals surface area contributed by atoms with E-state index in [0.717, 1.165) is 25.2 Å². The molecule has 0 aliphatic carbocycles. The van der Waals surface area contributed by atoms with Gasteiger partial charge in [-0.3, -0.25) is 0 Å². The highest BCUT2D eigenvalue weighted by atomic mass is 19.2. The Labute approximate surface area is 146 Å². The third-order valence-corrected chi connectivity index (χ3v) is 4.43. The van der Waals surface area contributed by atoms with E-state index in [0.29, 0.717) is 13.1 Å². The number of anilines is 2. The Hall–Kier alpha value is -2.63. The molecule has 1 N–H and O–H groups in total. The van der Waals surface area contributed by atoms with Crippen molar-refractivity contribution >= 4 is 17.4 Å². The first-order valence-corrected chi connectivity index (χ1v) is 8.27. The number of halogens is 2. The largest absolute Gasteiger partial charge is 0.368 e. The Morgan fingerprint density at radius 1 is 0.960 bits per heavy atom. The number of amides is 2. The molecule has 0 spiro atoms. The number of carbonyl (C=O) groups is 1. The van der Waals surface area contributed by atoms with Crippen molar-refractivity contribution in [2.75, 3.05) is 36.4 Å². The number of urea groups is 1. The first kappa shape index (κ1) is 17.2. The molecule has 4 nitrogen and oxygen atoms in total. The molecule has 2 aromatic carbocycles. The minimum absolute atomic E-state index is 0.251. The second-order valence-electron chi connectivity index (χ2n) is 6.32. The molecule has 25 heavy (non-hydrogen) atoms. The van der Waals surface area contributed by atoms with Crippen LogP contribution in [0.1, 0.15) is 11.1 Å². The summed E-state index contributed by atoms with van der Waals surface area (Å²) in [6.45, 7) is 6.76. The number of carbonyl (C=O) groups excluding carboxylic acids is 1. The van der Waals surface area contributed by atoms with E-state index in [1.165, 1.54) is 22.9 Å².